The lowest BCUT2D eigenvalue weighted by atomic mass is 10.1. The van der Waals surface area contributed by atoms with E-state index < -0.39 is 40.9 Å². The van der Waals surface area contributed by atoms with Gasteiger partial charge in [0.15, 0.2) is 6.10 Å². The van der Waals surface area contributed by atoms with E-state index in [0.717, 1.165) is 6.92 Å². The van der Waals surface area contributed by atoms with Crippen molar-refractivity contribution in [3.8, 4) is 0 Å². The van der Waals surface area contributed by atoms with Crippen LogP contribution in [0.4, 0.5) is 20.6 Å². The molecular formula is C19H25FN4O6. The molecule has 2 aliphatic heterocycles. The molecule has 2 N–H and O–H groups in total. The lowest BCUT2D eigenvalue weighted by Gasteiger charge is -2.24. The molecule has 4 atom stereocenters. The van der Waals surface area contributed by atoms with Gasteiger partial charge in [-0.3, -0.25) is 14.9 Å². The van der Waals surface area contributed by atoms with E-state index in [0.29, 0.717) is 17.3 Å². The van der Waals surface area contributed by atoms with Crippen LogP contribution in [0.25, 0.3) is 0 Å². The number of nitrogens with zero attached hydrogens (tertiary/aromatic N) is 3. The minimum absolute atomic E-state index is 0.0392. The molecule has 0 radical (unpaired) electrons. The number of carbonyl (C=O) groups is 3. The number of ether oxygens (including phenoxy) is 1. The van der Waals surface area contributed by atoms with Gasteiger partial charge in [-0.1, -0.05) is 6.92 Å². The number of benzene rings is 1. The fourth-order valence-corrected chi connectivity index (χ4v) is 3.81. The summed E-state index contributed by atoms with van der Waals surface area (Å²) < 4.78 is 20.0. The highest BCUT2D eigenvalue weighted by Gasteiger charge is 2.37. The highest BCUT2D eigenvalue weighted by Crippen LogP contribution is 2.32. The van der Waals surface area contributed by atoms with Gasteiger partial charge in [0.25, 0.3) is 0 Å². The third-order valence-electron chi connectivity index (χ3n) is 5.47. The van der Waals surface area contributed by atoms with E-state index in [1.807, 2.05) is 6.92 Å². The van der Waals surface area contributed by atoms with E-state index in [1.54, 1.807) is 11.0 Å². The standard InChI is InChI=1S/C19H25FN4O6/c1-11-7-21(10-18(11)24(29)13(3)26)17-5-4-14(6-16(17)20)22-8-15(30-19(22)27)9-23(28)12(2)25/h4-6,11,15,18,23,29H,7-10H2,1-3H3/t11-,15+,18+/m1/s1. The van der Waals surface area contributed by atoms with Crippen molar-refractivity contribution in [1.29, 1.82) is 0 Å². The Morgan fingerprint density at radius 2 is 2.03 bits per heavy atom. The number of amides is 3. The number of quaternary nitrogens is 1. The number of anilines is 2. The molecule has 1 unspecified atom stereocenters. The number of cyclic esters (lactones) is 1. The molecule has 0 aromatic heterocycles. The second-order valence-corrected chi connectivity index (χ2v) is 7.75. The average Bonchev–Trinajstić information content (AvgIpc) is 3.23. The fourth-order valence-electron chi connectivity index (χ4n) is 3.81. The van der Waals surface area contributed by atoms with Gasteiger partial charge in [0.1, 0.15) is 12.4 Å². The Hall–Kier alpha value is -2.76. The molecule has 0 bridgehead atoms. The van der Waals surface area contributed by atoms with Crippen LogP contribution in [0.2, 0.25) is 0 Å². The van der Waals surface area contributed by atoms with Crippen LogP contribution in [-0.2, 0) is 14.3 Å². The van der Waals surface area contributed by atoms with E-state index in [9.17, 15) is 29.2 Å². The Morgan fingerprint density at radius 3 is 2.63 bits per heavy atom. The van der Waals surface area contributed by atoms with Gasteiger partial charge in [-0.15, -0.1) is 0 Å². The summed E-state index contributed by atoms with van der Waals surface area (Å²) >= 11 is 0. The number of hydrogen-bond acceptors (Lipinski definition) is 7. The summed E-state index contributed by atoms with van der Waals surface area (Å²) in [4.78, 5) is 37.6. The maximum Gasteiger partial charge on any atom is 0.414 e. The second kappa shape index (κ2) is 8.54. The van der Waals surface area contributed by atoms with E-state index in [1.165, 1.54) is 24.0 Å². The van der Waals surface area contributed by atoms with Crippen molar-refractivity contribution >= 4 is 29.3 Å². The number of hydrogen-bond donors (Lipinski definition) is 2. The molecule has 1 aromatic rings. The summed E-state index contributed by atoms with van der Waals surface area (Å²) in [6, 6.07) is 3.84. The first kappa shape index (κ1) is 21.9. The molecule has 30 heavy (non-hydrogen) atoms. The van der Waals surface area contributed by atoms with E-state index in [-0.39, 0.29) is 31.2 Å². The van der Waals surface area contributed by atoms with Crippen molar-refractivity contribution in [1.82, 2.24) is 5.06 Å². The quantitative estimate of drug-likeness (QED) is 0.510. The van der Waals surface area contributed by atoms with Crippen LogP contribution in [0.3, 0.4) is 0 Å². The molecule has 11 heteroatoms. The summed E-state index contributed by atoms with van der Waals surface area (Å²) in [5, 5.41) is 21.6. The number of carbonyl (C=O) groups excluding carboxylic acids is 3. The molecule has 2 saturated heterocycles. The number of rotatable bonds is 5. The van der Waals surface area contributed by atoms with Crippen LogP contribution in [0, 0.1) is 16.9 Å². The molecule has 0 saturated carbocycles. The SMILES string of the molecule is CC(=O)N(O)[C@H]1CN(c2ccc(N3C[C@@H](C[NH+]([O-])C(C)=O)OC3=O)cc2F)C[C@H]1C. The lowest BCUT2D eigenvalue weighted by Crippen LogP contribution is -3.10. The van der Waals surface area contributed by atoms with E-state index >= 15 is 0 Å². The van der Waals surface area contributed by atoms with Crippen LogP contribution < -0.4 is 14.9 Å². The Balaban J connectivity index is 1.71. The lowest BCUT2D eigenvalue weighted by molar-refractivity contribution is -0.768. The molecule has 2 heterocycles. The van der Waals surface area contributed by atoms with Crippen LogP contribution in [0.5, 0.6) is 0 Å². The van der Waals surface area contributed by atoms with Gasteiger partial charge in [0.05, 0.1) is 30.9 Å². The van der Waals surface area contributed by atoms with Gasteiger partial charge < -0.3 is 19.9 Å². The highest BCUT2D eigenvalue weighted by molar-refractivity contribution is 5.90. The second-order valence-electron chi connectivity index (χ2n) is 7.75. The predicted molar refractivity (Wildman–Crippen MR) is 103 cm³/mol. The first-order chi connectivity index (χ1) is 14.1. The monoisotopic (exact) mass is 424 g/mol. The normalized spacial score (nSPS) is 24.7. The van der Waals surface area contributed by atoms with Crippen LogP contribution >= 0.6 is 0 Å². The molecule has 10 nitrogen and oxygen atoms in total. The zero-order valence-corrected chi connectivity index (χ0v) is 17.0. The zero-order chi connectivity index (χ0) is 22.2. The largest absolute Gasteiger partial charge is 0.627 e. The minimum Gasteiger partial charge on any atom is -0.627 e. The maximum atomic E-state index is 14.8. The van der Waals surface area contributed by atoms with Gasteiger partial charge in [-0.2, -0.15) is 0 Å². The van der Waals surface area contributed by atoms with Crippen LogP contribution in [0.1, 0.15) is 20.8 Å². The summed E-state index contributed by atoms with van der Waals surface area (Å²) in [5.74, 6) is -1.71. The topological polar surface area (TPSA) is 118 Å². The molecule has 0 spiro atoms. The minimum atomic E-state index is -0.765. The van der Waals surface area contributed by atoms with Gasteiger partial charge >= 0.3 is 12.0 Å². The Kier molecular flexibility index (Phi) is 6.25. The first-order valence-electron chi connectivity index (χ1n) is 9.63. The Bertz CT molecular complexity index is 852. The van der Waals surface area contributed by atoms with Crippen molar-refractivity contribution in [2.24, 2.45) is 5.92 Å². The van der Waals surface area contributed by atoms with Gasteiger partial charge in [0.2, 0.25) is 5.91 Å². The van der Waals surface area contributed by atoms with Crippen molar-refractivity contribution in [3.05, 3.63) is 29.2 Å². The van der Waals surface area contributed by atoms with Crippen LogP contribution in [0.15, 0.2) is 18.2 Å². The number of halogens is 1. The van der Waals surface area contributed by atoms with Crippen LogP contribution in [-0.4, -0.2) is 66.5 Å². The van der Waals surface area contributed by atoms with Gasteiger partial charge in [-0.25, -0.2) is 19.0 Å². The van der Waals surface area contributed by atoms with E-state index in [2.05, 4.69) is 0 Å². The van der Waals surface area contributed by atoms with Crippen molar-refractivity contribution in [2.75, 3.05) is 36.0 Å². The Morgan fingerprint density at radius 1 is 1.33 bits per heavy atom. The summed E-state index contributed by atoms with van der Waals surface area (Å²) in [7, 11) is 0. The summed E-state index contributed by atoms with van der Waals surface area (Å²) in [6.45, 7) is 4.83. The van der Waals surface area contributed by atoms with Crippen molar-refractivity contribution in [3.63, 3.8) is 0 Å². The third-order valence-corrected chi connectivity index (χ3v) is 5.47. The number of hydroxylamine groups is 4. The maximum absolute atomic E-state index is 14.8. The van der Waals surface area contributed by atoms with Gasteiger partial charge in [-0.05, 0) is 24.1 Å². The average molecular weight is 424 g/mol. The van der Waals surface area contributed by atoms with Gasteiger partial charge in [0, 0.05) is 20.0 Å². The molecule has 3 amide bonds. The third kappa shape index (κ3) is 4.37. The summed E-state index contributed by atoms with van der Waals surface area (Å²) in [5.41, 5.74) is 0.566. The van der Waals surface area contributed by atoms with Crippen molar-refractivity contribution in [2.45, 2.75) is 32.9 Å². The van der Waals surface area contributed by atoms with Crippen molar-refractivity contribution < 1.29 is 33.8 Å². The molecular weight excluding hydrogens is 399 g/mol. The Labute approximate surface area is 172 Å². The predicted octanol–water partition coefficient (Wildman–Crippen LogP) is 0.143. The molecule has 2 aliphatic rings. The number of nitrogens with one attached hydrogen (secondary N) is 1. The van der Waals surface area contributed by atoms with E-state index in [4.69, 9.17) is 4.74 Å². The highest BCUT2D eigenvalue weighted by atomic mass is 19.1. The molecule has 0 aliphatic carbocycles. The zero-order valence-electron chi connectivity index (χ0n) is 17.0. The first-order valence-corrected chi connectivity index (χ1v) is 9.63. The fraction of sp³-hybridized carbons (Fsp3) is 0.526. The molecule has 3 rings (SSSR count). The smallest absolute Gasteiger partial charge is 0.414 e. The molecule has 164 valence electrons. The summed E-state index contributed by atoms with van der Waals surface area (Å²) in [6.07, 6.45) is -1.48. The molecule has 2 fully saturated rings. The molecule has 1 aromatic carbocycles.